The second-order valence-electron chi connectivity index (χ2n) is 4.54. The zero-order valence-corrected chi connectivity index (χ0v) is 8.91. The molecule has 0 aliphatic rings. The van der Waals surface area contributed by atoms with Gasteiger partial charge in [0.1, 0.15) is 6.10 Å². The lowest BCUT2D eigenvalue weighted by Crippen LogP contribution is -2.40. The Labute approximate surface area is 81.0 Å². The molecule has 0 aliphatic heterocycles. The fourth-order valence-electron chi connectivity index (χ4n) is 1.15. The van der Waals surface area contributed by atoms with Gasteiger partial charge in [0.05, 0.1) is 6.10 Å². The highest BCUT2D eigenvalue weighted by Gasteiger charge is 2.34. The van der Waals surface area contributed by atoms with Crippen molar-refractivity contribution < 1.29 is 10.2 Å². The molecular weight excluding hydrogens is 164 g/mol. The van der Waals surface area contributed by atoms with Crippen LogP contribution in [0.5, 0.6) is 0 Å². The van der Waals surface area contributed by atoms with Crippen LogP contribution in [0, 0.1) is 23.7 Å². The summed E-state index contributed by atoms with van der Waals surface area (Å²) in [4.78, 5) is 0. The number of aliphatic hydroxyl groups excluding tert-OH is 2. The van der Waals surface area contributed by atoms with Crippen LogP contribution in [0.3, 0.4) is 0 Å². The number of hydrogen-bond donors (Lipinski definition) is 2. The molecule has 0 fully saturated rings. The Hall–Kier alpha value is -0.520. The first-order chi connectivity index (χ1) is 5.82. The minimum absolute atomic E-state index is 0.402. The molecule has 0 aliphatic carbocycles. The molecule has 0 saturated carbocycles. The fourth-order valence-corrected chi connectivity index (χ4v) is 1.15. The Morgan fingerprint density at radius 3 is 2.08 bits per heavy atom. The second kappa shape index (κ2) is 4.64. The average molecular weight is 184 g/mol. The fraction of sp³-hybridized carbons (Fsp3) is 0.818. The summed E-state index contributed by atoms with van der Waals surface area (Å²) in [5.41, 5.74) is -0.626. The smallest absolute Gasteiger partial charge is 0.122 e. The van der Waals surface area contributed by atoms with E-state index in [-0.39, 0.29) is 0 Å². The number of rotatable bonds is 4. The van der Waals surface area contributed by atoms with Crippen LogP contribution in [0.15, 0.2) is 0 Å². The maximum Gasteiger partial charge on any atom is 0.122 e. The zero-order chi connectivity index (χ0) is 10.6. The third-order valence-electron chi connectivity index (χ3n) is 2.42. The van der Waals surface area contributed by atoms with Gasteiger partial charge in [-0.2, -0.15) is 0 Å². The van der Waals surface area contributed by atoms with Crippen LogP contribution in [0.1, 0.15) is 34.1 Å². The summed E-state index contributed by atoms with van der Waals surface area (Å²) < 4.78 is 0. The predicted octanol–water partition coefficient (Wildman–Crippen LogP) is 1.41. The van der Waals surface area contributed by atoms with Crippen molar-refractivity contribution in [1.82, 2.24) is 0 Å². The molecule has 0 unspecified atom stereocenters. The molecule has 13 heavy (non-hydrogen) atoms. The molecule has 2 nitrogen and oxygen atoms in total. The third kappa shape index (κ3) is 3.38. The molecule has 2 atom stereocenters. The van der Waals surface area contributed by atoms with Crippen LogP contribution < -0.4 is 0 Å². The highest BCUT2D eigenvalue weighted by molar-refractivity contribution is 5.03. The van der Waals surface area contributed by atoms with Crippen molar-refractivity contribution in [2.45, 2.75) is 46.3 Å². The third-order valence-corrected chi connectivity index (χ3v) is 2.42. The van der Waals surface area contributed by atoms with Gasteiger partial charge in [0.15, 0.2) is 0 Å². The Kier molecular flexibility index (Phi) is 4.46. The summed E-state index contributed by atoms with van der Waals surface area (Å²) in [5.74, 6) is 2.66. The van der Waals surface area contributed by atoms with Crippen molar-refractivity contribution >= 4 is 0 Å². The van der Waals surface area contributed by atoms with Crippen LogP contribution in [0.25, 0.3) is 0 Å². The van der Waals surface area contributed by atoms with E-state index >= 15 is 0 Å². The molecule has 76 valence electrons. The SMILES string of the molecule is C#C[C@H](O)C(C)(C)[C@H](O)CC(C)C. The summed E-state index contributed by atoms with van der Waals surface area (Å²) in [6, 6.07) is 0. The van der Waals surface area contributed by atoms with Crippen LogP contribution in [-0.2, 0) is 0 Å². The van der Waals surface area contributed by atoms with E-state index in [1.54, 1.807) is 13.8 Å². The highest BCUT2D eigenvalue weighted by atomic mass is 16.3. The van der Waals surface area contributed by atoms with Gasteiger partial charge in [0.25, 0.3) is 0 Å². The maximum atomic E-state index is 9.79. The lowest BCUT2D eigenvalue weighted by molar-refractivity contribution is -0.0310. The largest absolute Gasteiger partial charge is 0.392 e. The number of terminal acetylenes is 1. The summed E-state index contributed by atoms with van der Waals surface area (Å²) in [7, 11) is 0. The standard InChI is InChI=1S/C11H20O2/c1-6-9(12)11(4,5)10(13)7-8(2)3/h1,8-10,12-13H,7H2,2-5H3/t9-,10+/m0/s1. The van der Waals surface area contributed by atoms with Crippen molar-refractivity contribution in [2.75, 3.05) is 0 Å². The number of aliphatic hydroxyl groups is 2. The van der Waals surface area contributed by atoms with E-state index in [2.05, 4.69) is 5.92 Å². The van der Waals surface area contributed by atoms with Crippen LogP contribution in [-0.4, -0.2) is 22.4 Å². The quantitative estimate of drug-likeness (QED) is 0.649. The molecule has 0 spiro atoms. The van der Waals surface area contributed by atoms with Crippen LogP contribution in [0.2, 0.25) is 0 Å². The van der Waals surface area contributed by atoms with Gasteiger partial charge in [-0.3, -0.25) is 0 Å². The minimum Gasteiger partial charge on any atom is -0.392 e. The summed E-state index contributed by atoms with van der Waals surface area (Å²) >= 11 is 0. The molecule has 0 aromatic carbocycles. The maximum absolute atomic E-state index is 9.79. The monoisotopic (exact) mass is 184 g/mol. The van der Waals surface area contributed by atoms with Crippen molar-refractivity contribution in [3.05, 3.63) is 0 Å². The van der Waals surface area contributed by atoms with Gasteiger partial charge in [0, 0.05) is 5.41 Å². The average Bonchev–Trinajstić information content (AvgIpc) is 2.01. The number of hydrogen-bond acceptors (Lipinski definition) is 2. The second-order valence-corrected chi connectivity index (χ2v) is 4.54. The summed E-state index contributed by atoms with van der Waals surface area (Å²) in [6.45, 7) is 7.62. The summed E-state index contributed by atoms with van der Waals surface area (Å²) in [6.07, 6.45) is 4.33. The van der Waals surface area contributed by atoms with E-state index in [0.717, 1.165) is 0 Å². The predicted molar refractivity (Wildman–Crippen MR) is 54.1 cm³/mol. The molecule has 0 heterocycles. The van der Waals surface area contributed by atoms with Gasteiger partial charge >= 0.3 is 0 Å². The highest BCUT2D eigenvalue weighted by Crippen LogP contribution is 2.29. The van der Waals surface area contributed by atoms with Crippen LogP contribution in [0.4, 0.5) is 0 Å². The normalized spacial score (nSPS) is 16.8. The molecule has 0 radical (unpaired) electrons. The van der Waals surface area contributed by atoms with Crippen molar-refractivity contribution in [1.29, 1.82) is 0 Å². The zero-order valence-electron chi connectivity index (χ0n) is 8.91. The van der Waals surface area contributed by atoms with Gasteiger partial charge in [0.2, 0.25) is 0 Å². The minimum atomic E-state index is -0.888. The Morgan fingerprint density at radius 2 is 1.77 bits per heavy atom. The molecule has 0 aromatic rings. The first-order valence-electron chi connectivity index (χ1n) is 4.64. The topological polar surface area (TPSA) is 40.5 Å². The van der Waals surface area contributed by atoms with E-state index in [9.17, 15) is 10.2 Å². The van der Waals surface area contributed by atoms with E-state index in [0.29, 0.717) is 12.3 Å². The first kappa shape index (κ1) is 12.5. The lowest BCUT2D eigenvalue weighted by Gasteiger charge is -2.33. The molecule has 2 heteroatoms. The van der Waals surface area contributed by atoms with E-state index in [4.69, 9.17) is 6.42 Å². The van der Waals surface area contributed by atoms with Gasteiger partial charge in [-0.15, -0.1) is 6.42 Å². The molecule has 0 bridgehead atoms. The van der Waals surface area contributed by atoms with Gasteiger partial charge in [-0.05, 0) is 12.3 Å². The molecule has 0 aromatic heterocycles. The Morgan fingerprint density at radius 1 is 1.31 bits per heavy atom. The van der Waals surface area contributed by atoms with Gasteiger partial charge in [-0.1, -0.05) is 33.6 Å². The lowest BCUT2D eigenvalue weighted by atomic mass is 9.78. The summed E-state index contributed by atoms with van der Waals surface area (Å²) in [5, 5.41) is 19.3. The van der Waals surface area contributed by atoms with E-state index in [1.165, 1.54) is 0 Å². The van der Waals surface area contributed by atoms with E-state index < -0.39 is 17.6 Å². The van der Waals surface area contributed by atoms with Crippen molar-refractivity contribution in [2.24, 2.45) is 11.3 Å². The molecule has 2 N–H and O–H groups in total. The molecule has 0 saturated heterocycles. The van der Waals surface area contributed by atoms with Crippen LogP contribution >= 0.6 is 0 Å². The Bertz CT molecular complexity index is 189. The Balaban J connectivity index is 4.37. The molecular formula is C11H20O2. The van der Waals surface area contributed by atoms with Crippen molar-refractivity contribution in [3.8, 4) is 12.3 Å². The van der Waals surface area contributed by atoms with Gasteiger partial charge in [-0.25, -0.2) is 0 Å². The first-order valence-corrected chi connectivity index (χ1v) is 4.64. The van der Waals surface area contributed by atoms with Crippen molar-refractivity contribution in [3.63, 3.8) is 0 Å². The molecule has 0 rings (SSSR count). The molecule has 0 amide bonds. The van der Waals surface area contributed by atoms with E-state index in [1.807, 2.05) is 13.8 Å². The van der Waals surface area contributed by atoms with Gasteiger partial charge < -0.3 is 10.2 Å².